The van der Waals surface area contributed by atoms with Gasteiger partial charge in [0.25, 0.3) is 5.91 Å². The van der Waals surface area contributed by atoms with Gasteiger partial charge in [0.05, 0.1) is 0 Å². The molecule has 0 radical (unpaired) electrons. The van der Waals surface area contributed by atoms with E-state index in [4.69, 9.17) is 0 Å². The molecule has 2 N–H and O–H groups in total. The molecule has 1 amide bonds. The molecule has 0 aliphatic heterocycles. The SMILES string of the molecule is CCNc1c(F)cc(C(=O)NC(C)C(CC)CC)cc1F. The summed E-state index contributed by atoms with van der Waals surface area (Å²) in [5, 5.41) is 5.42. The Labute approximate surface area is 125 Å². The minimum atomic E-state index is -0.753. The minimum Gasteiger partial charge on any atom is -0.381 e. The summed E-state index contributed by atoms with van der Waals surface area (Å²) in [6, 6.07) is 2.10. The lowest BCUT2D eigenvalue weighted by molar-refractivity contribution is 0.0924. The molecular weight excluding hydrogens is 274 g/mol. The third-order valence-electron chi connectivity index (χ3n) is 3.77. The van der Waals surface area contributed by atoms with Gasteiger partial charge in [0, 0.05) is 18.2 Å². The van der Waals surface area contributed by atoms with Crippen LogP contribution in [0.2, 0.25) is 0 Å². The van der Waals surface area contributed by atoms with Crippen LogP contribution in [0.4, 0.5) is 14.5 Å². The highest BCUT2D eigenvalue weighted by Crippen LogP contribution is 2.21. The van der Waals surface area contributed by atoms with E-state index in [0.717, 1.165) is 25.0 Å². The van der Waals surface area contributed by atoms with Gasteiger partial charge in [-0.1, -0.05) is 26.7 Å². The van der Waals surface area contributed by atoms with Crippen LogP contribution in [0.15, 0.2) is 12.1 Å². The maximum atomic E-state index is 13.8. The van der Waals surface area contributed by atoms with E-state index in [2.05, 4.69) is 24.5 Å². The van der Waals surface area contributed by atoms with Crippen molar-refractivity contribution in [1.82, 2.24) is 5.32 Å². The van der Waals surface area contributed by atoms with E-state index in [0.29, 0.717) is 12.5 Å². The summed E-state index contributed by atoms with van der Waals surface area (Å²) < 4.78 is 27.6. The first-order valence-electron chi connectivity index (χ1n) is 7.48. The maximum Gasteiger partial charge on any atom is 0.251 e. The molecule has 0 aliphatic rings. The topological polar surface area (TPSA) is 41.1 Å². The van der Waals surface area contributed by atoms with Crippen molar-refractivity contribution in [3.8, 4) is 0 Å². The molecule has 1 aromatic carbocycles. The maximum absolute atomic E-state index is 13.8. The molecule has 1 rings (SSSR count). The molecule has 1 unspecified atom stereocenters. The van der Waals surface area contributed by atoms with E-state index in [9.17, 15) is 13.6 Å². The number of hydrogen-bond acceptors (Lipinski definition) is 2. The predicted octanol–water partition coefficient (Wildman–Crippen LogP) is 3.95. The second kappa shape index (κ2) is 7.96. The summed E-state index contributed by atoms with van der Waals surface area (Å²) in [6.45, 7) is 8.18. The molecule has 21 heavy (non-hydrogen) atoms. The van der Waals surface area contributed by atoms with Crippen molar-refractivity contribution in [3.05, 3.63) is 29.3 Å². The first-order chi connectivity index (χ1) is 9.94. The van der Waals surface area contributed by atoms with Gasteiger partial charge >= 0.3 is 0 Å². The van der Waals surface area contributed by atoms with E-state index < -0.39 is 17.5 Å². The quantitative estimate of drug-likeness (QED) is 0.800. The van der Waals surface area contributed by atoms with Crippen LogP contribution in [0.3, 0.4) is 0 Å². The minimum absolute atomic E-state index is 0.00413. The number of anilines is 1. The highest BCUT2D eigenvalue weighted by atomic mass is 19.1. The van der Waals surface area contributed by atoms with E-state index >= 15 is 0 Å². The lowest BCUT2D eigenvalue weighted by atomic mass is 9.95. The Bertz CT molecular complexity index is 464. The second-order valence-corrected chi connectivity index (χ2v) is 5.18. The van der Waals surface area contributed by atoms with Crippen LogP contribution in [0, 0.1) is 17.6 Å². The fraction of sp³-hybridized carbons (Fsp3) is 0.562. The number of amides is 1. The van der Waals surface area contributed by atoms with Crippen molar-refractivity contribution in [1.29, 1.82) is 0 Å². The molecule has 3 nitrogen and oxygen atoms in total. The van der Waals surface area contributed by atoms with Crippen LogP contribution in [-0.2, 0) is 0 Å². The Morgan fingerprint density at radius 1 is 1.14 bits per heavy atom. The van der Waals surface area contributed by atoms with Gasteiger partial charge < -0.3 is 10.6 Å². The Morgan fingerprint density at radius 3 is 2.10 bits per heavy atom. The molecule has 0 saturated carbocycles. The smallest absolute Gasteiger partial charge is 0.251 e. The molecule has 118 valence electrons. The van der Waals surface area contributed by atoms with E-state index in [-0.39, 0.29) is 17.3 Å². The van der Waals surface area contributed by atoms with Crippen LogP contribution < -0.4 is 10.6 Å². The summed E-state index contributed by atoms with van der Waals surface area (Å²) in [7, 11) is 0. The van der Waals surface area contributed by atoms with E-state index in [1.807, 2.05) is 6.92 Å². The first-order valence-corrected chi connectivity index (χ1v) is 7.48. The molecule has 0 aliphatic carbocycles. The lowest BCUT2D eigenvalue weighted by Gasteiger charge is -2.22. The molecule has 0 fully saturated rings. The average molecular weight is 298 g/mol. The molecule has 0 aromatic heterocycles. The summed E-state index contributed by atoms with van der Waals surface area (Å²) in [5.41, 5.74) is -0.188. The van der Waals surface area contributed by atoms with Crippen molar-refractivity contribution in [2.75, 3.05) is 11.9 Å². The largest absolute Gasteiger partial charge is 0.381 e. The molecule has 0 bridgehead atoms. The van der Waals surface area contributed by atoms with Gasteiger partial charge in [-0.25, -0.2) is 8.78 Å². The number of carbonyl (C=O) groups excluding carboxylic acids is 1. The zero-order chi connectivity index (χ0) is 16.0. The molecule has 1 aromatic rings. The second-order valence-electron chi connectivity index (χ2n) is 5.18. The Morgan fingerprint density at radius 2 is 1.67 bits per heavy atom. The van der Waals surface area contributed by atoms with Crippen molar-refractivity contribution < 1.29 is 13.6 Å². The third-order valence-corrected chi connectivity index (χ3v) is 3.77. The number of benzene rings is 1. The van der Waals surface area contributed by atoms with Crippen molar-refractivity contribution in [2.24, 2.45) is 5.92 Å². The van der Waals surface area contributed by atoms with E-state index in [1.165, 1.54) is 0 Å². The van der Waals surface area contributed by atoms with Gasteiger partial charge in [-0.3, -0.25) is 4.79 Å². The summed E-state index contributed by atoms with van der Waals surface area (Å²) in [6.07, 6.45) is 1.89. The molecule has 0 heterocycles. The fourth-order valence-electron chi connectivity index (χ4n) is 2.45. The predicted molar refractivity (Wildman–Crippen MR) is 81.5 cm³/mol. The Balaban J connectivity index is 2.88. The van der Waals surface area contributed by atoms with Gasteiger partial charge in [0.15, 0.2) is 0 Å². The number of halogens is 2. The number of carbonyl (C=O) groups is 1. The molecule has 0 spiro atoms. The Kier molecular flexibility index (Phi) is 6.59. The zero-order valence-electron chi connectivity index (χ0n) is 13.1. The van der Waals surface area contributed by atoms with Crippen LogP contribution in [0.1, 0.15) is 50.9 Å². The van der Waals surface area contributed by atoms with Crippen LogP contribution in [0.5, 0.6) is 0 Å². The number of nitrogens with one attached hydrogen (secondary N) is 2. The van der Waals surface area contributed by atoms with Gasteiger partial charge in [-0.2, -0.15) is 0 Å². The molecule has 5 heteroatoms. The highest BCUT2D eigenvalue weighted by Gasteiger charge is 2.19. The van der Waals surface area contributed by atoms with Gasteiger partial charge in [0.2, 0.25) is 0 Å². The normalized spacial score (nSPS) is 12.3. The lowest BCUT2D eigenvalue weighted by Crippen LogP contribution is -2.37. The van der Waals surface area contributed by atoms with Gasteiger partial charge in [-0.05, 0) is 31.9 Å². The number of rotatable bonds is 7. The van der Waals surface area contributed by atoms with E-state index in [1.54, 1.807) is 6.92 Å². The Hall–Kier alpha value is -1.65. The first kappa shape index (κ1) is 17.4. The van der Waals surface area contributed by atoms with Crippen molar-refractivity contribution in [2.45, 2.75) is 46.6 Å². The van der Waals surface area contributed by atoms with Gasteiger partial charge in [0.1, 0.15) is 17.3 Å². The monoisotopic (exact) mass is 298 g/mol. The molecular formula is C16H24F2N2O. The fourth-order valence-corrected chi connectivity index (χ4v) is 2.45. The summed E-state index contributed by atoms with van der Waals surface area (Å²) in [4.78, 5) is 12.1. The standard InChI is InChI=1S/C16H24F2N2O/c1-5-11(6-2)10(4)20-16(21)12-8-13(17)15(19-7-3)14(18)9-12/h8-11,19H,5-7H2,1-4H3,(H,20,21). The zero-order valence-corrected chi connectivity index (χ0v) is 13.1. The highest BCUT2D eigenvalue weighted by molar-refractivity contribution is 5.94. The molecule has 0 saturated heterocycles. The molecule has 1 atom stereocenters. The average Bonchev–Trinajstić information content (AvgIpc) is 2.43. The summed E-state index contributed by atoms with van der Waals surface area (Å²) in [5.74, 6) is -1.60. The van der Waals surface area contributed by atoms with Crippen LogP contribution >= 0.6 is 0 Å². The van der Waals surface area contributed by atoms with Gasteiger partial charge in [-0.15, -0.1) is 0 Å². The number of hydrogen-bond donors (Lipinski definition) is 2. The van der Waals surface area contributed by atoms with Crippen LogP contribution in [0.25, 0.3) is 0 Å². The third kappa shape index (κ3) is 4.41. The van der Waals surface area contributed by atoms with Crippen molar-refractivity contribution in [3.63, 3.8) is 0 Å². The summed E-state index contributed by atoms with van der Waals surface area (Å²) >= 11 is 0. The van der Waals surface area contributed by atoms with Crippen LogP contribution in [-0.4, -0.2) is 18.5 Å². The van der Waals surface area contributed by atoms with Crippen molar-refractivity contribution >= 4 is 11.6 Å².